The van der Waals surface area contributed by atoms with Crippen molar-refractivity contribution in [3.63, 3.8) is 0 Å². The van der Waals surface area contributed by atoms with Crippen LogP contribution in [0.4, 0.5) is 0 Å². The van der Waals surface area contributed by atoms with Gasteiger partial charge in [-0.3, -0.25) is 4.68 Å². The molecule has 2 atom stereocenters. The van der Waals surface area contributed by atoms with Gasteiger partial charge in [0.25, 0.3) is 0 Å². The molecule has 1 N–H and O–H groups in total. The van der Waals surface area contributed by atoms with Crippen molar-refractivity contribution < 1.29 is 0 Å². The molecule has 1 aromatic heterocycles. The topological polar surface area (TPSA) is 29.9 Å². The van der Waals surface area contributed by atoms with Gasteiger partial charge in [0, 0.05) is 13.1 Å². The summed E-state index contributed by atoms with van der Waals surface area (Å²) in [5.41, 5.74) is 2.58. The first-order valence-electron chi connectivity index (χ1n) is 8.46. The monoisotopic (exact) mass is 355 g/mol. The first-order valence-corrected chi connectivity index (χ1v) is 9.25. The fourth-order valence-corrected chi connectivity index (χ4v) is 4.28. The number of halogens is 1. The van der Waals surface area contributed by atoms with Crippen molar-refractivity contribution >= 4 is 15.9 Å². The van der Waals surface area contributed by atoms with Gasteiger partial charge in [-0.25, -0.2) is 0 Å². The number of nitrogens with one attached hydrogen (secondary N) is 1. The second kappa shape index (κ2) is 7.77. The number of aryl methyl sites for hydroxylation is 2. The minimum atomic E-state index is 0.586. The summed E-state index contributed by atoms with van der Waals surface area (Å²) in [6.45, 7) is 7.82. The highest BCUT2D eigenvalue weighted by Gasteiger charge is 2.27. The van der Waals surface area contributed by atoms with E-state index in [-0.39, 0.29) is 0 Å². The summed E-state index contributed by atoms with van der Waals surface area (Å²) >= 11 is 3.77. The van der Waals surface area contributed by atoms with Crippen LogP contribution in [0.3, 0.4) is 0 Å². The summed E-state index contributed by atoms with van der Waals surface area (Å²) in [6, 6.07) is 0.586. The van der Waals surface area contributed by atoms with E-state index in [1.54, 1.807) is 0 Å². The molecule has 2 rings (SSSR count). The van der Waals surface area contributed by atoms with Gasteiger partial charge < -0.3 is 5.32 Å². The number of hydrogen-bond acceptors (Lipinski definition) is 2. The Labute approximate surface area is 138 Å². The maximum atomic E-state index is 4.65. The molecule has 120 valence electrons. The lowest BCUT2D eigenvalue weighted by atomic mass is 9.76. The Morgan fingerprint density at radius 3 is 2.52 bits per heavy atom. The van der Waals surface area contributed by atoms with E-state index in [9.17, 15) is 0 Å². The highest BCUT2D eigenvalue weighted by atomic mass is 79.9. The average Bonchev–Trinajstić information content (AvgIpc) is 2.73. The van der Waals surface area contributed by atoms with Crippen molar-refractivity contribution in [2.45, 2.75) is 65.3 Å². The third kappa shape index (κ3) is 4.32. The SMILES string of the molecule is CCc1nn(C)c(CC2CCCCC2CNC(C)C)c1Br. The van der Waals surface area contributed by atoms with Gasteiger partial charge in [0.2, 0.25) is 0 Å². The molecule has 1 aromatic rings. The lowest BCUT2D eigenvalue weighted by molar-refractivity contribution is 0.221. The molecule has 0 radical (unpaired) electrons. The molecule has 1 aliphatic carbocycles. The molecule has 0 bridgehead atoms. The van der Waals surface area contributed by atoms with Gasteiger partial charge in [0.1, 0.15) is 0 Å². The van der Waals surface area contributed by atoms with E-state index in [1.807, 2.05) is 0 Å². The van der Waals surface area contributed by atoms with E-state index < -0.39 is 0 Å². The zero-order valence-electron chi connectivity index (χ0n) is 14.0. The van der Waals surface area contributed by atoms with Crippen LogP contribution in [0.25, 0.3) is 0 Å². The Hall–Kier alpha value is -0.350. The molecule has 1 aliphatic rings. The molecule has 3 nitrogen and oxygen atoms in total. The highest BCUT2D eigenvalue weighted by molar-refractivity contribution is 9.10. The second-order valence-corrected chi connectivity index (χ2v) is 7.55. The number of nitrogens with zero attached hydrogens (tertiary/aromatic N) is 2. The maximum absolute atomic E-state index is 4.65. The van der Waals surface area contributed by atoms with E-state index in [1.165, 1.54) is 48.1 Å². The van der Waals surface area contributed by atoms with Gasteiger partial charge in [-0.2, -0.15) is 5.10 Å². The van der Waals surface area contributed by atoms with Crippen molar-refractivity contribution in [3.8, 4) is 0 Å². The molecular weight excluding hydrogens is 326 g/mol. The quantitative estimate of drug-likeness (QED) is 0.832. The van der Waals surface area contributed by atoms with Crippen molar-refractivity contribution in [1.29, 1.82) is 0 Å². The normalized spacial score (nSPS) is 23.0. The Morgan fingerprint density at radius 1 is 1.29 bits per heavy atom. The maximum Gasteiger partial charge on any atom is 0.0766 e. The summed E-state index contributed by atoms with van der Waals surface area (Å²) in [7, 11) is 2.09. The van der Waals surface area contributed by atoms with E-state index >= 15 is 0 Å². The van der Waals surface area contributed by atoms with E-state index in [2.05, 4.69) is 58.8 Å². The molecule has 0 spiro atoms. The van der Waals surface area contributed by atoms with Crippen LogP contribution in [0, 0.1) is 11.8 Å². The van der Waals surface area contributed by atoms with E-state index in [0.717, 1.165) is 24.7 Å². The molecule has 1 heterocycles. The van der Waals surface area contributed by atoms with Gasteiger partial charge in [-0.15, -0.1) is 0 Å². The van der Waals surface area contributed by atoms with Crippen LogP contribution in [-0.4, -0.2) is 22.4 Å². The van der Waals surface area contributed by atoms with Crippen LogP contribution >= 0.6 is 15.9 Å². The van der Waals surface area contributed by atoms with Crippen molar-refractivity contribution in [3.05, 3.63) is 15.9 Å². The summed E-state index contributed by atoms with van der Waals surface area (Å²) in [5.74, 6) is 1.61. The average molecular weight is 356 g/mol. The third-order valence-corrected chi connectivity index (χ3v) is 5.73. The summed E-state index contributed by atoms with van der Waals surface area (Å²) in [5, 5.41) is 8.29. The highest BCUT2D eigenvalue weighted by Crippen LogP contribution is 2.34. The molecule has 1 fully saturated rings. The van der Waals surface area contributed by atoms with Crippen LogP contribution in [0.15, 0.2) is 4.47 Å². The Kier molecular flexibility index (Phi) is 6.30. The summed E-state index contributed by atoms with van der Waals surface area (Å²) in [6.07, 6.45) is 7.68. The molecule has 0 aliphatic heterocycles. The molecule has 21 heavy (non-hydrogen) atoms. The van der Waals surface area contributed by atoms with Gasteiger partial charge in [0.05, 0.1) is 15.9 Å². The fourth-order valence-electron chi connectivity index (χ4n) is 3.50. The minimum Gasteiger partial charge on any atom is -0.314 e. The second-order valence-electron chi connectivity index (χ2n) is 6.76. The number of hydrogen-bond donors (Lipinski definition) is 1. The minimum absolute atomic E-state index is 0.586. The molecular formula is C17H30BrN3. The summed E-state index contributed by atoms with van der Waals surface area (Å²) in [4.78, 5) is 0. The van der Waals surface area contributed by atoms with Crippen LogP contribution in [-0.2, 0) is 19.9 Å². The zero-order valence-corrected chi connectivity index (χ0v) is 15.5. The summed E-state index contributed by atoms with van der Waals surface area (Å²) < 4.78 is 3.33. The van der Waals surface area contributed by atoms with Gasteiger partial charge in [-0.05, 0) is 60.0 Å². The molecule has 2 unspecified atom stereocenters. The van der Waals surface area contributed by atoms with Crippen LogP contribution in [0.5, 0.6) is 0 Å². The molecule has 0 amide bonds. The Morgan fingerprint density at radius 2 is 1.95 bits per heavy atom. The van der Waals surface area contributed by atoms with Gasteiger partial charge in [0.15, 0.2) is 0 Å². The number of aromatic nitrogens is 2. The first kappa shape index (κ1) is 17.0. The van der Waals surface area contributed by atoms with E-state index in [0.29, 0.717) is 6.04 Å². The molecule has 0 aromatic carbocycles. The van der Waals surface area contributed by atoms with Crippen molar-refractivity contribution in [2.24, 2.45) is 18.9 Å². The van der Waals surface area contributed by atoms with Crippen LogP contribution < -0.4 is 5.32 Å². The fraction of sp³-hybridized carbons (Fsp3) is 0.824. The van der Waals surface area contributed by atoms with Crippen LogP contribution in [0.2, 0.25) is 0 Å². The Bertz CT molecular complexity index is 453. The van der Waals surface area contributed by atoms with Crippen molar-refractivity contribution in [1.82, 2.24) is 15.1 Å². The van der Waals surface area contributed by atoms with Gasteiger partial charge >= 0.3 is 0 Å². The third-order valence-electron chi connectivity index (χ3n) is 4.81. The van der Waals surface area contributed by atoms with Crippen molar-refractivity contribution in [2.75, 3.05) is 6.54 Å². The first-order chi connectivity index (χ1) is 10.0. The predicted octanol–water partition coefficient (Wildman–Crippen LogP) is 4.09. The van der Waals surface area contributed by atoms with E-state index in [4.69, 9.17) is 0 Å². The Balaban J connectivity index is 2.06. The van der Waals surface area contributed by atoms with Crippen LogP contribution in [0.1, 0.15) is 57.8 Å². The lowest BCUT2D eigenvalue weighted by Gasteiger charge is -2.32. The smallest absolute Gasteiger partial charge is 0.0766 e. The molecule has 4 heteroatoms. The standard InChI is InChI=1S/C17H30BrN3/c1-5-15-17(18)16(21(4)20-15)10-13-8-6-7-9-14(13)11-19-12(2)3/h12-14,19H,5-11H2,1-4H3. The van der Waals surface area contributed by atoms with Gasteiger partial charge in [-0.1, -0.05) is 33.6 Å². The predicted molar refractivity (Wildman–Crippen MR) is 92.6 cm³/mol. The molecule has 0 saturated heterocycles. The number of rotatable bonds is 6. The molecule has 1 saturated carbocycles. The lowest BCUT2D eigenvalue weighted by Crippen LogP contribution is -2.35. The zero-order chi connectivity index (χ0) is 15.4. The largest absolute Gasteiger partial charge is 0.314 e.